The fourth-order valence-corrected chi connectivity index (χ4v) is 4.46. The van der Waals surface area contributed by atoms with Gasteiger partial charge in [0.1, 0.15) is 0 Å². The number of halogens is 1. The van der Waals surface area contributed by atoms with Gasteiger partial charge in [-0.3, -0.25) is 0 Å². The molecule has 0 amide bonds. The van der Waals surface area contributed by atoms with Crippen LogP contribution in [-0.4, -0.2) is 8.42 Å². The lowest BCUT2D eigenvalue weighted by atomic mass is 10.0. The van der Waals surface area contributed by atoms with Gasteiger partial charge < -0.3 is 0 Å². The molecule has 0 saturated carbocycles. The van der Waals surface area contributed by atoms with Crippen LogP contribution in [0.3, 0.4) is 0 Å². The summed E-state index contributed by atoms with van der Waals surface area (Å²) >= 11 is 6.44. The minimum Gasteiger partial charge on any atom is -0.223 e. The van der Waals surface area contributed by atoms with Crippen LogP contribution in [0.1, 0.15) is 22.1 Å². The van der Waals surface area contributed by atoms with E-state index in [4.69, 9.17) is 11.6 Å². The molecule has 1 atom stereocenters. The SMILES string of the molecule is O=S1(=O)Cc2ccccc2[C@@H](Cl)c2ccccc21. The summed E-state index contributed by atoms with van der Waals surface area (Å²) in [5, 5.41) is -0.408. The molecule has 4 heteroatoms. The summed E-state index contributed by atoms with van der Waals surface area (Å²) in [4.78, 5) is 0.348. The highest BCUT2D eigenvalue weighted by atomic mass is 35.5. The van der Waals surface area contributed by atoms with E-state index in [-0.39, 0.29) is 5.75 Å². The first-order chi connectivity index (χ1) is 8.59. The molecule has 0 bridgehead atoms. The molecule has 1 heterocycles. The zero-order valence-electron chi connectivity index (χ0n) is 9.51. The van der Waals surface area contributed by atoms with E-state index in [1.807, 2.05) is 30.3 Å². The first kappa shape index (κ1) is 11.8. The van der Waals surface area contributed by atoms with Crippen molar-refractivity contribution in [3.8, 4) is 0 Å². The standard InChI is InChI=1S/C14H11ClO2S/c15-14-11-6-2-1-5-10(11)9-18(16,17)13-8-4-3-7-12(13)14/h1-8,14H,9H2/t14-/m1/s1. The van der Waals surface area contributed by atoms with Crippen molar-refractivity contribution < 1.29 is 8.42 Å². The third kappa shape index (κ3) is 1.74. The Morgan fingerprint density at radius 2 is 1.56 bits per heavy atom. The third-order valence-corrected chi connectivity index (χ3v) is 5.40. The van der Waals surface area contributed by atoms with Gasteiger partial charge in [-0.1, -0.05) is 42.5 Å². The topological polar surface area (TPSA) is 34.1 Å². The minimum atomic E-state index is -3.31. The van der Waals surface area contributed by atoms with Crippen molar-refractivity contribution in [3.05, 3.63) is 65.2 Å². The van der Waals surface area contributed by atoms with Crippen LogP contribution < -0.4 is 0 Å². The monoisotopic (exact) mass is 278 g/mol. The van der Waals surface area contributed by atoms with Crippen molar-refractivity contribution >= 4 is 21.4 Å². The van der Waals surface area contributed by atoms with E-state index in [9.17, 15) is 8.42 Å². The summed E-state index contributed by atoms with van der Waals surface area (Å²) in [5.74, 6) is 0.0173. The molecule has 1 aliphatic heterocycles. The Bertz CT molecular complexity index is 707. The molecule has 92 valence electrons. The molecular weight excluding hydrogens is 268 g/mol. The van der Waals surface area contributed by atoms with Crippen LogP contribution >= 0.6 is 11.6 Å². The molecule has 0 radical (unpaired) electrons. The third-order valence-electron chi connectivity index (χ3n) is 3.20. The van der Waals surface area contributed by atoms with Crippen molar-refractivity contribution in [1.82, 2.24) is 0 Å². The fraction of sp³-hybridized carbons (Fsp3) is 0.143. The Balaban J connectivity index is 2.35. The Morgan fingerprint density at radius 1 is 0.944 bits per heavy atom. The van der Waals surface area contributed by atoms with Gasteiger partial charge in [0.25, 0.3) is 0 Å². The lowest BCUT2D eigenvalue weighted by molar-refractivity contribution is 0.595. The molecule has 2 aromatic carbocycles. The molecular formula is C14H11ClO2S. The first-order valence-electron chi connectivity index (χ1n) is 5.63. The fourth-order valence-electron chi connectivity index (χ4n) is 2.34. The smallest absolute Gasteiger partial charge is 0.182 e. The van der Waals surface area contributed by atoms with Gasteiger partial charge in [-0.15, -0.1) is 11.6 Å². The highest BCUT2D eigenvalue weighted by Crippen LogP contribution is 2.39. The van der Waals surface area contributed by atoms with Crippen LogP contribution in [-0.2, 0) is 15.6 Å². The summed E-state index contributed by atoms with van der Waals surface area (Å²) in [6.07, 6.45) is 0. The predicted octanol–water partition coefficient (Wildman–Crippen LogP) is 3.30. The van der Waals surface area contributed by atoms with E-state index in [1.165, 1.54) is 0 Å². The van der Waals surface area contributed by atoms with Crippen molar-refractivity contribution in [3.63, 3.8) is 0 Å². The van der Waals surface area contributed by atoms with E-state index in [0.717, 1.165) is 11.1 Å². The summed E-state index contributed by atoms with van der Waals surface area (Å²) in [7, 11) is -3.31. The molecule has 1 aliphatic rings. The Hall–Kier alpha value is -1.32. The van der Waals surface area contributed by atoms with Gasteiger partial charge in [0.15, 0.2) is 9.84 Å². The van der Waals surface area contributed by atoms with Crippen LogP contribution in [0, 0.1) is 0 Å². The average molecular weight is 279 g/mol. The normalized spacial score (nSPS) is 20.6. The molecule has 3 rings (SSSR count). The maximum atomic E-state index is 12.3. The largest absolute Gasteiger partial charge is 0.223 e. The van der Waals surface area contributed by atoms with Crippen molar-refractivity contribution in [2.75, 3.05) is 0 Å². The van der Waals surface area contributed by atoms with Crippen molar-refractivity contribution in [2.24, 2.45) is 0 Å². The van der Waals surface area contributed by atoms with Gasteiger partial charge in [-0.05, 0) is 22.8 Å². The average Bonchev–Trinajstić information content (AvgIpc) is 2.45. The van der Waals surface area contributed by atoms with Crippen molar-refractivity contribution in [2.45, 2.75) is 16.0 Å². The molecule has 0 aliphatic carbocycles. The second kappa shape index (κ2) is 4.11. The molecule has 0 N–H and O–H groups in total. The summed E-state index contributed by atoms with van der Waals surface area (Å²) in [6, 6.07) is 14.4. The Morgan fingerprint density at radius 3 is 2.33 bits per heavy atom. The highest BCUT2D eigenvalue weighted by molar-refractivity contribution is 7.90. The van der Waals surface area contributed by atoms with Crippen molar-refractivity contribution in [1.29, 1.82) is 0 Å². The van der Waals surface area contributed by atoms with Crippen LogP contribution in [0.4, 0.5) is 0 Å². The number of alkyl halides is 1. The Labute approximate surface area is 111 Å². The lowest BCUT2D eigenvalue weighted by Gasteiger charge is -2.11. The molecule has 0 aromatic heterocycles. The van der Waals surface area contributed by atoms with Gasteiger partial charge in [-0.2, -0.15) is 0 Å². The van der Waals surface area contributed by atoms with E-state index < -0.39 is 15.2 Å². The van der Waals surface area contributed by atoms with Crippen LogP contribution in [0.2, 0.25) is 0 Å². The highest BCUT2D eigenvalue weighted by Gasteiger charge is 2.29. The van der Waals surface area contributed by atoms with Crippen LogP contribution in [0.15, 0.2) is 53.4 Å². The second-order valence-corrected chi connectivity index (χ2v) is 6.75. The van der Waals surface area contributed by atoms with Crippen LogP contribution in [0.5, 0.6) is 0 Å². The van der Waals surface area contributed by atoms with Gasteiger partial charge in [0.05, 0.1) is 16.0 Å². The number of hydrogen-bond acceptors (Lipinski definition) is 2. The summed E-state index contributed by atoms with van der Waals surface area (Å²) in [5.41, 5.74) is 2.34. The van der Waals surface area contributed by atoms with Gasteiger partial charge in [0, 0.05) is 0 Å². The predicted molar refractivity (Wildman–Crippen MR) is 71.5 cm³/mol. The molecule has 0 saturated heterocycles. The van der Waals surface area contributed by atoms with E-state index in [2.05, 4.69) is 0 Å². The molecule has 2 nitrogen and oxygen atoms in total. The lowest BCUT2D eigenvalue weighted by Crippen LogP contribution is -2.04. The van der Waals surface area contributed by atoms with Gasteiger partial charge in [-0.25, -0.2) is 8.42 Å². The number of hydrogen-bond donors (Lipinski definition) is 0. The number of rotatable bonds is 0. The van der Waals surface area contributed by atoms with Gasteiger partial charge >= 0.3 is 0 Å². The zero-order valence-corrected chi connectivity index (χ0v) is 11.1. The van der Waals surface area contributed by atoms with Gasteiger partial charge in [0.2, 0.25) is 0 Å². The van der Waals surface area contributed by atoms with E-state index in [1.54, 1.807) is 18.2 Å². The molecule has 0 unspecified atom stereocenters. The zero-order chi connectivity index (χ0) is 12.8. The quantitative estimate of drug-likeness (QED) is 0.693. The maximum absolute atomic E-state index is 12.3. The molecule has 0 spiro atoms. The summed E-state index contributed by atoms with van der Waals surface area (Å²) in [6.45, 7) is 0. The van der Waals surface area contributed by atoms with E-state index in [0.29, 0.717) is 10.5 Å². The molecule has 2 aromatic rings. The number of fused-ring (bicyclic) bond motifs is 2. The summed E-state index contributed by atoms with van der Waals surface area (Å²) < 4.78 is 24.7. The van der Waals surface area contributed by atoms with Crippen LogP contribution in [0.25, 0.3) is 0 Å². The van der Waals surface area contributed by atoms with E-state index >= 15 is 0 Å². The number of sulfone groups is 1. The maximum Gasteiger partial charge on any atom is 0.182 e. The minimum absolute atomic E-state index is 0.0173. The second-order valence-electron chi connectivity index (χ2n) is 4.36. The first-order valence-corrected chi connectivity index (χ1v) is 7.72. The molecule has 0 fully saturated rings. The Kier molecular flexibility index (Phi) is 2.68. The number of benzene rings is 2. The molecule has 18 heavy (non-hydrogen) atoms.